The third-order valence-electron chi connectivity index (χ3n) is 5.44. The van der Waals surface area contributed by atoms with Crippen LogP contribution in [0, 0.1) is 33.8 Å². The van der Waals surface area contributed by atoms with Crippen molar-refractivity contribution in [1.29, 1.82) is 0 Å². The molecule has 0 saturated heterocycles. The molecule has 2 aromatic carbocycles. The first kappa shape index (κ1) is 30.9. The van der Waals surface area contributed by atoms with Crippen molar-refractivity contribution in [1.82, 2.24) is 0 Å². The van der Waals surface area contributed by atoms with Crippen LogP contribution in [0.1, 0.15) is 42.0 Å². The molecule has 0 spiro atoms. The molecule has 5 heteroatoms. The van der Waals surface area contributed by atoms with Gasteiger partial charge in [-0.25, -0.2) is 5.57 Å². The maximum Gasteiger partial charge on any atom is 4.00 e. The van der Waals surface area contributed by atoms with Crippen LogP contribution in [0.2, 0.25) is 6.55 Å². The Morgan fingerprint density at radius 2 is 1.14 bits per heavy atom. The van der Waals surface area contributed by atoms with Crippen molar-refractivity contribution >= 4 is 18.4 Å². The number of aryl methyl sites for hydroxylation is 4. The van der Waals surface area contributed by atoms with Gasteiger partial charge in [0.25, 0.3) is 0 Å². The van der Waals surface area contributed by atoms with Crippen molar-refractivity contribution in [3.05, 3.63) is 81.6 Å². The molecule has 0 atom stereocenters. The van der Waals surface area contributed by atoms with E-state index in [1.54, 1.807) is 5.20 Å². The molecule has 2 aromatic rings. The Balaban J connectivity index is 0. The average molecular weight is 500 g/mol. The Bertz CT molecular complexity index is 796. The summed E-state index contributed by atoms with van der Waals surface area (Å²) >= 11 is 0. The zero-order valence-corrected chi connectivity index (χ0v) is 22.9. The molecule has 0 radical (unpaired) electrons. The molecule has 0 amide bonds. The minimum atomic E-state index is -2.02. The van der Waals surface area contributed by atoms with Crippen molar-refractivity contribution in [2.24, 2.45) is 0 Å². The molecule has 3 rings (SSSR count). The number of hydrogen-bond donors (Lipinski definition) is 0. The molecule has 0 aromatic heterocycles. The number of rotatable bonds is 4. The molecule has 0 nitrogen and oxygen atoms in total. The van der Waals surface area contributed by atoms with Gasteiger partial charge in [-0.2, -0.15) is 11.3 Å². The van der Waals surface area contributed by atoms with Gasteiger partial charge in [0.15, 0.2) is 0 Å². The molecule has 0 heterocycles. The molecule has 29 heavy (non-hydrogen) atoms. The van der Waals surface area contributed by atoms with Crippen molar-refractivity contribution in [2.75, 3.05) is 0 Å². The fourth-order valence-corrected chi connectivity index (χ4v) is 8.72. The van der Waals surface area contributed by atoms with Gasteiger partial charge < -0.3 is 37.2 Å². The van der Waals surface area contributed by atoms with Gasteiger partial charge >= 0.3 is 21.7 Å². The average Bonchev–Trinajstić information content (AvgIpc) is 3.01. The second-order valence-corrected chi connectivity index (χ2v) is 11.7. The van der Waals surface area contributed by atoms with Gasteiger partial charge in [-0.1, -0.05) is 88.9 Å². The van der Waals surface area contributed by atoms with Crippen molar-refractivity contribution < 1.29 is 58.9 Å². The van der Waals surface area contributed by atoms with E-state index in [-0.39, 0.29) is 58.9 Å². The summed E-state index contributed by atoms with van der Waals surface area (Å²) in [6, 6.07) is 14.2. The summed E-state index contributed by atoms with van der Waals surface area (Å²) in [6.07, 6.45) is 8.11. The first-order valence-corrected chi connectivity index (χ1v) is 11.8. The Morgan fingerprint density at radius 3 is 1.48 bits per heavy atom. The van der Waals surface area contributed by atoms with Gasteiger partial charge in [0.2, 0.25) is 0 Å². The molecule has 0 bridgehead atoms. The van der Waals surface area contributed by atoms with E-state index in [9.17, 15) is 0 Å². The van der Waals surface area contributed by atoms with Crippen molar-refractivity contribution in [2.45, 2.75) is 54.0 Å². The van der Waals surface area contributed by atoms with E-state index in [2.05, 4.69) is 89.7 Å². The van der Waals surface area contributed by atoms with E-state index in [0.29, 0.717) is 0 Å². The number of allylic oxidation sites excluding steroid dienone is 4. The molecular formula is C24H29Cl3SiTi. The molecule has 0 N–H and O–H groups in total. The Kier molecular flexibility index (Phi) is 13.4. The van der Waals surface area contributed by atoms with Gasteiger partial charge in [0.05, 0.1) is 8.07 Å². The molecule has 0 unspecified atom stereocenters. The van der Waals surface area contributed by atoms with Crippen LogP contribution in [0.15, 0.2) is 53.2 Å². The summed E-state index contributed by atoms with van der Waals surface area (Å²) in [5, 5.41) is 4.62. The fourth-order valence-electron chi connectivity index (χ4n) is 4.32. The summed E-state index contributed by atoms with van der Waals surface area (Å²) in [6.45, 7) is 13.7. The van der Waals surface area contributed by atoms with Crippen molar-refractivity contribution in [3.63, 3.8) is 0 Å². The zero-order chi connectivity index (χ0) is 18.2. The van der Waals surface area contributed by atoms with Gasteiger partial charge in [-0.15, -0.1) is 6.42 Å². The molecule has 154 valence electrons. The van der Waals surface area contributed by atoms with Crippen LogP contribution in [-0.2, 0) is 21.7 Å². The Hall–Kier alpha value is -0.279. The van der Waals surface area contributed by atoms with E-state index in [4.69, 9.17) is 0 Å². The monoisotopic (exact) mass is 498 g/mol. The third-order valence-corrected chi connectivity index (χ3v) is 9.91. The third kappa shape index (κ3) is 6.35. The molecule has 1 aliphatic carbocycles. The predicted octanol–water partition coefficient (Wildman–Crippen LogP) is -3.87. The summed E-state index contributed by atoms with van der Waals surface area (Å²) in [5.74, 6) is 0. The van der Waals surface area contributed by atoms with E-state index >= 15 is 0 Å². The number of halogens is 3. The SMILES string of the molecule is CCC1=[C-]CC=C1[Si](C)(c1cc(C)cc(C)c1)c1cc(C)cc(C)c1.[Cl-].[Cl-].[Cl-].[Ti+4]. The quantitative estimate of drug-likeness (QED) is 0.298. The Morgan fingerprint density at radius 1 is 0.759 bits per heavy atom. The molecule has 0 fully saturated rings. The smallest absolute Gasteiger partial charge is 1.00 e. The van der Waals surface area contributed by atoms with Crippen LogP contribution < -0.4 is 47.6 Å². The summed E-state index contributed by atoms with van der Waals surface area (Å²) < 4.78 is 0. The topological polar surface area (TPSA) is 0 Å². The van der Waals surface area contributed by atoms with Crippen molar-refractivity contribution in [3.8, 4) is 0 Å². The standard InChI is InChI=1S/C24H29Si.3ClH.Ti/c1-7-21-9-8-10-24(21)25(6,22-13-17(2)11-18(3)14-22)23-15-19(4)12-20(5)16-23;;;;/h10-16H,7-8H2,1-6H3;3*1H;/q-1;;;;+4/p-3. The maximum atomic E-state index is 3.62. The number of hydrogen-bond acceptors (Lipinski definition) is 0. The molecule has 0 aliphatic heterocycles. The fraction of sp³-hybridized carbons (Fsp3) is 0.333. The largest absolute Gasteiger partial charge is 4.00 e. The molecule has 1 aliphatic rings. The van der Waals surface area contributed by atoms with E-state index in [1.807, 2.05) is 0 Å². The van der Waals surface area contributed by atoms with Crippen LogP contribution in [0.5, 0.6) is 0 Å². The summed E-state index contributed by atoms with van der Waals surface area (Å²) in [7, 11) is -2.02. The first-order valence-electron chi connectivity index (χ1n) is 9.33. The first-order chi connectivity index (χ1) is 11.8. The van der Waals surface area contributed by atoms with Gasteiger partial charge in [0, 0.05) is 0 Å². The van der Waals surface area contributed by atoms with Crippen LogP contribution in [0.4, 0.5) is 0 Å². The van der Waals surface area contributed by atoms with E-state index in [1.165, 1.54) is 38.2 Å². The minimum Gasteiger partial charge on any atom is -1.00 e. The Labute approximate surface area is 211 Å². The predicted molar refractivity (Wildman–Crippen MR) is 112 cm³/mol. The van der Waals surface area contributed by atoms with Crippen LogP contribution in [-0.4, -0.2) is 8.07 Å². The normalized spacial score (nSPS) is 12.5. The van der Waals surface area contributed by atoms with Crippen LogP contribution in [0.3, 0.4) is 0 Å². The number of benzene rings is 2. The zero-order valence-electron chi connectivity index (χ0n) is 18.1. The molecule has 0 saturated carbocycles. The maximum absolute atomic E-state index is 3.62. The molecular weight excluding hydrogens is 471 g/mol. The van der Waals surface area contributed by atoms with E-state index in [0.717, 1.165) is 12.8 Å². The van der Waals surface area contributed by atoms with Crippen LogP contribution >= 0.6 is 0 Å². The van der Waals surface area contributed by atoms with Gasteiger partial charge in [-0.3, -0.25) is 6.08 Å². The minimum absolute atomic E-state index is 0. The second-order valence-electron chi connectivity index (χ2n) is 7.71. The summed E-state index contributed by atoms with van der Waals surface area (Å²) in [5.41, 5.74) is 6.89. The van der Waals surface area contributed by atoms with Crippen LogP contribution in [0.25, 0.3) is 0 Å². The van der Waals surface area contributed by atoms with E-state index < -0.39 is 8.07 Å². The second kappa shape index (κ2) is 12.5. The van der Waals surface area contributed by atoms with Gasteiger partial charge in [-0.05, 0) is 27.7 Å². The van der Waals surface area contributed by atoms with Gasteiger partial charge in [0.1, 0.15) is 0 Å². The summed E-state index contributed by atoms with van der Waals surface area (Å²) in [4.78, 5) is 0.